The van der Waals surface area contributed by atoms with E-state index in [-0.39, 0.29) is 0 Å². The highest BCUT2D eigenvalue weighted by Gasteiger charge is 2.31. The summed E-state index contributed by atoms with van der Waals surface area (Å²) in [6, 6.07) is 17.3. The van der Waals surface area contributed by atoms with Crippen LogP contribution < -0.4 is 15.6 Å². The molecular weight excluding hydrogens is 409 g/mol. The fourth-order valence-corrected chi connectivity index (χ4v) is 3.11. The Hall–Kier alpha value is -3.55. The molecule has 0 fully saturated rings. The smallest absolute Gasteiger partial charge is 0.417 e. The zero-order chi connectivity index (χ0) is 22.4. The van der Waals surface area contributed by atoms with Crippen LogP contribution in [0.3, 0.4) is 0 Å². The maximum absolute atomic E-state index is 13.0. The summed E-state index contributed by atoms with van der Waals surface area (Å²) >= 11 is 0. The normalized spacial score (nSPS) is 12.3. The molecule has 1 unspecified atom stereocenters. The molecular formula is C23H21F3N2O3. The molecule has 3 rings (SSSR count). The summed E-state index contributed by atoms with van der Waals surface area (Å²) in [6.07, 6.45) is -3.96. The molecule has 0 aliphatic carbocycles. The van der Waals surface area contributed by atoms with Gasteiger partial charge >= 0.3 is 6.18 Å². The van der Waals surface area contributed by atoms with Gasteiger partial charge in [-0.05, 0) is 36.2 Å². The zero-order valence-corrected chi connectivity index (χ0v) is 16.7. The molecule has 1 amide bonds. The third-order valence-electron chi connectivity index (χ3n) is 4.59. The van der Waals surface area contributed by atoms with Crippen LogP contribution in [0.2, 0.25) is 0 Å². The molecule has 0 saturated heterocycles. The largest absolute Gasteiger partial charge is 0.494 e. The number of alkyl halides is 3. The lowest BCUT2D eigenvalue weighted by Gasteiger charge is -2.21. The molecule has 1 N–H and O–H groups in total. The molecule has 2 aromatic carbocycles. The van der Waals surface area contributed by atoms with Gasteiger partial charge < -0.3 is 14.6 Å². The molecule has 1 heterocycles. The van der Waals surface area contributed by atoms with Crippen molar-refractivity contribution in [2.45, 2.75) is 25.7 Å². The summed E-state index contributed by atoms with van der Waals surface area (Å²) in [7, 11) is 0. The van der Waals surface area contributed by atoms with Crippen molar-refractivity contribution in [3.63, 3.8) is 0 Å². The maximum atomic E-state index is 13.0. The highest BCUT2D eigenvalue weighted by molar-refractivity contribution is 5.76. The first-order valence-electron chi connectivity index (χ1n) is 9.62. The molecule has 0 radical (unpaired) electrons. The number of hydrogen-bond donors (Lipinski definition) is 1. The summed E-state index contributed by atoms with van der Waals surface area (Å²) in [6.45, 7) is 1.85. The number of carbonyl (C=O) groups excluding carboxylic acids is 1. The average Bonchev–Trinajstić information content (AvgIpc) is 2.74. The first-order valence-corrected chi connectivity index (χ1v) is 9.62. The number of nitrogens with one attached hydrogen (secondary N) is 1. The van der Waals surface area contributed by atoms with E-state index < -0.39 is 35.8 Å². The number of carbonyl (C=O) groups is 1. The van der Waals surface area contributed by atoms with Crippen LogP contribution in [0.4, 0.5) is 13.2 Å². The summed E-state index contributed by atoms with van der Waals surface area (Å²) in [5.41, 5.74) is -0.137. The summed E-state index contributed by atoms with van der Waals surface area (Å²) < 4.78 is 45.0. The predicted octanol–water partition coefficient (Wildman–Crippen LogP) is 4.17. The Labute approximate surface area is 177 Å². The first-order chi connectivity index (χ1) is 14.8. The van der Waals surface area contributed by atoms with Gasteiger partial charge in [0, 0.05) is 12.3 Å². The van der Waals surface area contributed by atoms with Gasteiger partial charge in [-0.2, -0.15) is 13.2 Å². The molecule has 0 aliphatic rings. The average molecular weight is 430 g/mol. The molecule has 31 heavy (non-hydrogen) atoms. The Kier molecular flexibility index (Phi) is 6.79. The predicted molar refractivity (Wildman–Crippen MR) is 110 cm³/mol. The van der Waals surface area contributed by atoms with Crippen LogP contribution in [0.15, 0.2) is 77.7 Å². The lowest BCUT2D eigenvalue weighted by atomic mass is 9.98. The van der Waals surface area contributed by atoms with Crippen molar-refractivity contribution in [1.82, 2.24) is 9.88 Å². The highest BCUT2D eigenvalue weighted by Crippen LogP contribution is 2.28. The molecule has 8 heteroatoms. The first kappa shape index (κ1) is 22.1. The number of pyridine rings is 1. The third kappa shape index (κ3) is 5.75. The second-order valence-electron chi connectivity index (χ2n) is 6.79. The number of amides is 1. The van der Waals surface area contributed by atoms with Crippen LogP contribution in [-0.4, -0.2) is 17.1 Å². The van der Waals surface area contributed by atoms with Gasteiger partial charge in [0.05, 0.1) is 18.2 Å². The van der Waals surface area contributed by atoms with E-state index in [0.29, 0.717) is 24.6 Å². The molecule has 0 saturated carbocycles. The van der Waals surface area contributed by atoms with Crippen LogP contribution >= 0.6 is 0 Å². The Balaban J connectivity index is 1.85. The van der Waals surface area contributed by atoms with Gasteiger partial charge in [0.2, 0.25) is 5.91 Å². The van der Waals surface area contributed by atoms with Gasteiger partial charge in [0.15, 0.2) is 0 Å². The number of aromatic nitrogens is 1. The Morgan fingerprint density at radius 2 is 1.65 bits per heavy atom. The van der Waals surface area contributed by atoms with Crippen molar-refractivity contribution < 1.29 is 22.7 Å². The Morgan fingerprint density at radius 1 is 1.00 bits per heavy atom. The second-order valence-corrected chi connectivity index (χ2v) is 6.79. The van der Waals surface area contributed by atoms with E-state index in [0.717, 1.165) is 21.8 Å². The van der Waals surface area contributed by atoms with E-state index in [1.165, 1.54) is 0 Å². The van der Waals surface area contributed by atoms with Crippen molar-refractivity contribution in [3.05, 3.63) is 100.0 Å². The van der Waals surface area contributed by atoms with Crippen LogP contribution in [0, 0.1) is 0 Å². The summed E-state index contributed by atoms with van der Waals surface area (Å²) in [4.78, 5) is 24.6. The number of nitrogens with zero attached hydrogens (tertiary/aromatic N) is 1. The quantitative estimate of drug-likeness (QED) is 0.612. The zero-order valence-electron chi connectivity index (χ0n) is 16.7. The van der Waals surface area contributed by atoms with Crippen molar-refractivity contribution in [2.24, 2.45) is 0 Å². The van der Waals surface area contributed by atoms with Crippen molar-refractivity contribution in [1.29, 1.82) is 0 Å². The Morgan fingerprint density at radius 3 is 2.26 bits per heavy atom. The second kappa shape index (κ2) is 9.51. The minimum atomic E-state index is -4.61. The van der Waals surface area contributed by atoms with Gasteiger partial charge in [0.1, 0.15) is 12.3 Å². The molecule has 162 valence electrons. The van der Waals surface area contributed by atoms with Crippen LogP contribution in [-0.2, 0) is 17.5 Å². The van der Waals surface area contributed by atoms with Crippen LogP contribution in [0.25, 0.3) is 0 Å². The Bertz CT molecular complexity index is 1080. The fraction of sp³-hybridized carbons (Fsp3) is 0.217. The van der Waals surface area contributed by atoms with E-state index >= 15 is 0 Å². The molecule has 0 spiro atoms. The number of benzene rings is 2. The molecule has 1 aromatic heterocycles. The van der Waals surface area contributed by atoms with Crippen molar-refractivity contribution >= 4 is 5.91 Å². The summed E-state index contributed by atoms with van der Waals surface area (Å²) in [5.74, 6) is 0.0871. The fourth-order valence-electron chi connectivity index (χ4n) is 3.11. The van der Waals surface area contributed by atoms with Crippen LogP contribution in [0.5, 0.6) is 5.75 Å². The van der Waals surface area contributed by atoms with Gasteiger partial charge in [-0.3, -0.25) is 9.59 Å². The van der Waals surface area contributed by atoms with Gasteiger partial charge in [-0.15, -0.1) is 0 Å². The highest BCUT2D eigenvalue weighted by atomic mass is 19.4. The van der Waals surface area contributed by atoms with Crippen LogP contribution in [0.1, 0.15) is 29.7 Å². The third-order valence-corrected chi connectivity index (χ3v) is 4.59. The molecule has 5 nitrogen and oxygen atoms in total. The molecule has 1 atom stereocenters. The lowest BCUT2D eigenvalue weighted by Crippen LogP contribution is -2.35. The minimum Gasteiger partial charge on any atom is -0.494 e. The van der Waals surface area contributed by atoms with Gasteiger partial charge in [-0.1, -0.05) is 42.5 Å². The minimum absolute atomic E-state index is 0.518. The molecule has 3 aromatic rings. The monoisotopic (exact) mass is 430 g/mol. The van der Waals surface area contributed by atoms with Crippen molar-refractivity contribution in [3.8, 4) is 5.75 Å². The van der Waals surface area contributed by atoms with Gasteiger partial charge in [-0.25, -0.2) is 0 Å². The van der Waals surface area contributed by atoms with E-state index in [4.69, 9.17) is 4.74 Å². The number of halogens is 3. The molecule has 0 aliphatic heterocycles. The maximum Gasteiger partial charge on any atom is 0.417 e. The molecule has 0 bridgehead atoms. The summed E-state index contributed by atoms with van der Waals surface area (Å²) in [5, 5.41) is 2.81. The van der Waals surface area contributed by atoms with Gasteiger partial charge in [0.25, 0.3) is 5.56 Å². The number of rotatable bonds is 7. The van der Waals surface area contributed by atoms with Crippen molar-refractivity contribution in [2.75, 3.05) is 6.61 Å². The van der Waals surface area contributed by atoms with E-state index in [1.807, 2.05) is 37.3 Å². The van der Waals surface area contributed by atoms with E-state index in [2.05, 4.69) is 5.32 Å². The number of ether oxygens (including phenoxy) is 1. The standard InChI is InChI=1S/C23H21F3N2O3/c1-2-31-19-11-8-17(9-12-19)22(16-6-4-3-5-7-16)27-20(29)15-28-14-18(23(24,25)26)10-13-21(28)30/h3-14,22H,2,15H2,1H3,(H,27,29). The van der Waals surface area contributed by atoms with E-state index in [1.54, 1.807) is 24.3 Å². The number of hydrogen-bond acceptors (Lipinski definition) is 3. The van der Waals surface area contributed by atoms with E-state index in [9.17, 15) is 22.8 Å². The lowest BCUT2D eigenvalue weighted by molar-refractivity contribution is -0.138. The topological polar surface area (TPSA) is 60.3 Å². The SMILES string of the molecule is CCOc1ccc(C(NC(=O)Cn2cc(C(F)(F)F)ccc2=O)c2ccccc2)cc1.